The SMILES string of the molecule is Cc1oc2ncnc(N3CCOCC3)c2c1C(=O)NCCN1CCOCC1. The maximum atomic E-state index is 12.9. The highest BCUT2D eigenvalue weighted by Crippen LogP contribution is 2.31. The van der Waals surface area contributed by atoms with Crippen LogP contribution in [0.25, 0.3) is 11.1 Å². The normalized spacial score (nSPS) is 18.8. The van der Waals surface area contributed by atoms with E-state index >= 15 is 0 Å². The second kappa shape index (κ2) is 8.20. The number of carbonyl (C=O) groups is 1. The maximum Gasteiger partial charge on any atom is 0.255 e. The second-order valence-electron chi connectivity index (χ2n) is 6.72. The van der Waals surface area contributed by atoms with Crippen molar-refractivity contribution in [3.8, 4) is 0 Å². The average Bonchev–Trinajstić information content (AvgIpc) is 3.05. The molecule has 2 saturated heterocycles. The van der Waals surface area contributed by atoms with Crippen LogP contribution in [0.5, 0.6) is 0 Å². The number of rotatable bonds is 5. The van der Waals surface area contributed by atoms with Crippen LogP contribution in [0.2, 0.25) is 0 Å². The van der Waals surface area contributed by atoms with Gasteiger partial charge in [0.1, 0.15) is 17.9 Å². The molecule has 1 N–H and O–H groups in total. The molecule has 2 aliphatic heterocycles. The minimum Gasteiger partial charge on any atom is -0.442 e. The standard InChI is InChI=1S/C18H25N5O4/c1-13-14(17(24)19-2-3-22-4-8-25-9-5-22)15-16(20-12-21-18(15)27-13)23-6-10-26-11-7-23/h12H,2-11H2,1H3,(H,19,24). The number of furan rings is 1. The Morgan fingerprint density at radius 3 is 2.56 bits per heavy atom. The molecule has 0 radical (unpaired) electrons. The number of nitrogens with zero attached hydrogens (tertiary/aromatic N) is 4. The lowest BCUT2D eigenvalue weighted by Gasteiger charge is -2.28. The third kappa shape index (κ3) is 3.90. The van der Waals surface area contributed by atoms with E-state index in [9.17, 15) is 4.79 Å². The molecule has 0 aromatic carbocycles. The molecule has 2 fully saturated rings. The van der Waals surface area contributed by atoms with E-state index in [2.05, 4.69) is 25.1 Å². The number of anilines is 1. The highest BCUT2D eigenvalue weighted by atomic mass is 16.5. The number of aryl methyl sites for hydroxylation is 1. The molecule has 9 heteroatoms. The van der Waals surface area contributed by atoms with Gasteiger partial charge in [-0.3, -0.25) is 9.69 Å². The highest BCUT2D eigenvalue weighted by molar-refractivity contribution is 6.10. The first-order valence-electron chi connectivity index (χ1n) is 9.39. The molecule has 27 heavy (non-hydrogen) atoms. The molecule has 0 atom stereocenters. The zero-order valence-electron chi connectivity index (χ0n) is 15.6. The quantitative estimate of drug-likeness (QED) is 0.804. The Labute approximate surface area is 157 Å². The van der Waals surface area contributed by atoms with Crippen LogP contribution in [-0.2, 0) is 9.47 Å². The summed E-state index contributed by atoms with van der Waals surface area (Å²) in [6.45, 7) is 9.22. The molecule has 146 valence electrons. The summed E-state index contributed by atoms with van der Waals surface area (Å²) in [5.41, 5.74) is 0.969. The summed E-state index contributed by atoms with van der Waals surface area (Å²) in [4.78, 5) is 26.0. The summed E-state index contributed by atoms with van der Waals surface area (Å²) < 4.78 is 16.5. The fourth-order valence-corrected chi connectivity index (χ4v) is 3.56. The van der Waals surface area contributed by atoms with Crippen molar-refractivity contribution in [2.45, 2.75) is 6.92 Å². The number of nitrogens with one attached hydrogen (secondary N) is 1. The predicted molar refractivity (Wildman–Crippen MR) is 99.2 cm³/mol. The third-order valence-corrected chi connectivity index (χ3v) is 5.00. The van der Waals surface area contributed by atoms with Crippen LogP contribution in [-0.4, -0.2) is 86.5 Å². The Morgan fingerprint density at radius 2 is 1.81 bits per heavy atom. The minimum atomic E-state index is -0.149. The lowest BCUT2D eigenvalue weighted by atomic mass is 10.1. The van der Waals surface area contributed by atoms with E-state index in [0.29, 0.717) is 42.2 Å². The Hall–Kier alpha value is -2.23. The molecule has 0 aliphatic carbocycles. The van der Waals surface area contributed by atoms with Gasteiger partial charge in [-0.25, -0.2) is 9.97 Å². The van der Waals surface area contributed by atoms with Gasteiger partial charge in [-0.15, -0.1) is 0 Å². The van der Waals surface area contributed by atoms with Gasteiger partial charge in [0.15, 0.2) is 0 Å². The smallest absolute Gasteiger partial charge is 0.255 e. The summed E-state index contributed by atoms with van der Waals surface area (Å²) in [5.74, 6) is 1.14. The molecule has 2 aromatic rings. The Balaban J connectivity index is 1.53. The van der Waals surface area contributed by atoms with Gasteiger partial charge >= 0.3 is 0 Å². The molecule has 0 saturated carbocycles. The van der Waals surface area contributed by atoms with E-state index in [1.165, 1.54) is 6.33 Å². The van der Waals surface area contributed by atoms with Crippen molar-refractivity contribution in [1.29, 1.82) is 0 Å². The molecule has 0 unspecified atom stereocenters. The number of hydrogen-bond donors (Lipinski definition) is 1. The number of ether oxygens (including phenoxy) is 2. The Morgan fingerprint density at radius 1 is 1.11 bits per heavy atom. The van der Waals surface area contributed by atoms with Crippen LogP contribution in [0.1, 0.15) is 16.1 Å². The van der Waals surface area contributed by atoms with Crippen LogP contribution < -0.4 is 10.2 Å². The molecular formula is C18H25N5O4. The molecular weight excluding hydrogens is 350 g/mol. The number of morpholine rings is 2. The number of fused-ring (bicyclic) bond motifs is 1. The fraction of sp³-hybridized carbons (Fsp3) is 0.611. The number of hydrogen-bond acceptors (Lipinski definition) is 8. The zero-order valence-corrected chi connectivity index (χ0v) is 15.6. The molecule has 0 bridgehead atoms. The van der Waals surface area contributed by atoms with E-state index in [4.69, 9.17) is 13.9 Å². The van der Waals surface area contributed by atoms with Crippen LogP contribution in [0.15, 0.2) is 10.7 Å². The molecule has 9 nitrogen and oxygen atoms in total. The van der Waals surface area contributed by atoms with Crippen molar-refractivity contribution in [2.24, 2.45) is 0 Å². The van der Waals surface area contributed by atoms with Gasteiger partial charge in [0.25, 0.3) is 5.91 Å². The number of carbonyl (C=O) groups excluding carboxylic acids is 1. The van der Waals surface area contributed by atoms with Crippen molar-refractivity contribution >= 4 is 22.8 Å². The molecule has 0 spiro atoms. The lowest BCUT2D eigenvalue weighted by Crippen LogP contribution is -2.41. The molecule has 4 heterocycles. The average molecular weight is 375 g/mol. The number of amides is 1. The van der Waals surface area contributed by atoms with E-state index in [0.717, 1.165) is 51.8 Å². The monoisotopic (exact) mass is 375 g/mol. The number of aromatic nitrogens is 2. The topological polar surface area (TPSA) is 93.0 Å². The predicted octanol–water partition coefficient (Wildman–Crippen LogP) is 0.430. The summed E-state index contributed by atoms with van der Waals surface area (Å²) in [7, 11) is 0. The molecule has 4 rings (SSSR count). The summed E-state index contributed by atoms with van der Waals surface area (Å²) >= 11 is 0. The van der Waals surface area contributed by atoms with Crippen LogP contribution >= 0.6 is 0 Å². The third-order valence-electron chi connectivity index (χ3n) is 5.00. The summed E-state index contributed by atoms with van der Waals surface area (Å²) in [5, 5.41) is 3.70. The van der Waals surface area contributed by atoms with Gasteiger partial charge in [-0.1, -0.05) is 0 Å². The van der Waals surface area contributed by atoms with Crippen molar-refractivity contribution in [3.05, 3.63) is 17.7 Å². The summed E-state index contributed by atoms with van der Waals surface area (Å²) in [6.07, 6.45) is 1.48. The first-order valence-corrected chi connectivity index (χ1v) is 9.39. The van der Waals surface area contributed by atoms with Crippen LogP contribution in [0.4, 0.5) is 5.82 Å². The maximum absolute atomic E-state index is 12.9. The second-order valence-corrected chi connectivity index (χ2v) is 6.72. The minimum absolute atomic E-state index is 0.149. The first kappa shape index (κ1) is 18.1. The fourth-order valence-electron chi connectivity index (χ4n) is 3.56. The van der Waals surface area contributed by atoms with E-state index in [-0.39, 0.29) is 5.91 Å². The Bertz CT molecular complexity index is 796. The first-order chi connectivity index (χ1) is 13.2. The van der Waals surface area contributed by atoms with Crippen molar-refractivity contribution < 1.29 is 18.7 Å². The van der Waals surface area contributed by atoms with Gasteiger partial charge in [0, 0.05) is 39.3 Å². The van der Waals surface area contributed by atoms with Gasteiger partial charge in [-0.2, -0.15) is 0 Å². The van der Waals surface area contributed by atoms with E-state index in [1.807, 2.05) is 0 Å². The van der Waals surface area contributed by atoms with Crippen molar-refractivity contribution in [1.82, 2.24) is 20.2 Å². The van der Waals surface area contributed by atoms with Gasteiger partial charge in [0.2, 0.25) is 5.71 Å². The molecule has 1 amide bonds. The summed E-state index contributed by atoms with van der Waals surface area (Å²) in [6, 6.07) is 0. The van der Waals surface area contributed by atoms with Gasteiger partial charge in [0.05, 0.1) is 37.4 Å². The van der Waals surface area contributed by atoms with Crippen LogP contribution in [0.3, 0.4) is 0 Å². The largest absolute Gasteiger partial charge is 0.442 e. The highest BCUT2D eigenvalue weighted by Gasteiger charge is 2.26. The van der Waals surface area contributed by atoms with Crippen molar-refractivity contribution in [2.75, 3.05) is 70.6 Å². The van der Waals surface area contributed by atoms with E-state index in [1.54, 1.807) is 6.92 Å². The lowest BCUT2D eigenvalue weighted by molar-refractivity contribution is 0.0383. The molecule has 2 aromatic heterocycles. The van der Waals surface area contributed by atoms with Crippen molar-refractivity contribution in [3.63, 3.8) is 0 Å². The molecule has 2 aliphatic rings. The van der Waals surface area contributed by atoms with Gasteiger partial charge in [-0.05, 0) is 6.92 Å². The van der Waals surface area contributed by atoms with Gasteiger partial charge < -0.3 is 24.1 Å². The zero-order chi connectivity index (χ0) is 18.6. The van der Waals surface area contributed by atoms with Crippen LogP contribution in [0, 0.1) is 6.92 Å². The van der Waals surface area contributed by atoms with E-state index < -0.39 is 0 Å². The Kier molecular flexibility index (Phi) is 5.51.